The van der Waals surface area contributed by atoms with Gasteiger partial charge >= 0.3 is 0 Å². The lowest BCUT2D eigenvalue weighted by Gasteiger charge is -2.45. The molecule has 2 heterocycles. The van der Waals surface area contributed by atoms with Gasteiger partial charge in [-0.25, -0.2) is 8.42 Å². The van der Waals surface area contributed by atoms with Crippen LogP contribution in [0.5, 0.6) is 0 Å². The Bertz CT molecular complexity index is 879. The molecule has 0 aromatic heterocycles. The van der Waals surface area contributed by atoms with Crippen molar-refractivity contribution in [2.45, 2.75) is 61.6 Å². The number of hydrogen-bond donors (Lipinski definition) is 1. The molecule has 0 aliphatic carbocycles. The Morgan fingerprint density at radius 3 is 2.38 bits per heavy atom. The molecule has 138 valence electrons. The fourth-order valence-electron chi connectivity index (χ4n) is 4.68. The molecule has 2 aromatic carbocycles. The summed E-state index contributed by atoms with van der Waals surface area (Å²) in [6.45, 7) is 1.95. The smallest absolute Gasteiger partial charge is 0.243 e. The lowest BCUT2D eigenvalue weighted by Crippen LogP contribution is -2.58. The van der Waals surface area contributed by atoms with Crippen LogP contribution in [0, 0.1) is 6.92 Å². The molecule has 2 saturated heterocycles. The first-order valence-electron chi connectivity index (χ1n) is 9.26. The zero-order valence-electron chi connectivity index (χ0n) is 15.0. The molecule has 1 unspecified atom stereocenters. The second kappa shape index (κ2) is 6.48. The van der Waals surface area contributed by atoms with E-state index < -0.39 is 21.7 Å². The summed E-state index contributed by atoms with van der Waals surface area (Å²) in [6, 6.07) is 16.8. The number of benzene rings is 2. The minimum absolute atomic E-state index is 0.321. The van der Waals surface area contributed by atoms with Gasteiger partial charge in [0.2, 0.25) is 10.0 Å². The molecule has 3 atom stereocenters. The van der Waals surface area contributed by atoms with Gasteiger partial charge in [0, 0.05) is 5.54 Å². The van der Waals surface area contributed by atoms with Gasteiger partial charge in [-0.2, -0.15) is 4.31 Å². The minimum Gasteiger partial charge on any atom is -0.391 e. The van der Waals surface area contributed by atoms with E-state index in [4.69, 9.17) is 0 Å². The monoisotopic (exact) mass is 371 g/mol. The van der Waals surface area contributed by atoms with Gasteiger partial charge in [0.25, 0.3) is 0 Å². The highest BCUT2D eigenvalue weighted by Gasteiger charge is 2.57. The van der Waals surface area contributed by atoms with Crippen LogP contribution in [0.2, 0.25) is 0 Å². The number of fused-ring (bicyclic) bond motifs is 2. The lowest BCUT2D eigenvalue weighted by atomic mass is 9.84. The molecule has 0 amide bonds. The summed E-state index contributed by atoms with van der Waals surface area (Å²) >= 11 is 0. The predicted octanol–water partition coefficient (Wildman–Crippen LogP) is 3.28. The van der Waals surface area contributed by atoms with Crippen molar-refractivity contribution in [1.82, 2.24) is 4.31 Å². The maximum atomic E-state index is 13.5. The Morgan fingerprint density at radius 2 is 1.69 bits per heavy atom. The van der Waals surface area contributed by atoms with Crippen LogP contribution in [-0.2, 0) is 16.4 Å². The molecule has 0 radical (unpaired) electrons. The molecule has 2 aliphatic heterocycles. The van der Waals surface area contributed by atoms with Crippen LogP contribution in [0.15, 0.2) is 59.5 Å². The zero-order chi connectivity index (χ0) is 18.4. The van der Waals surface area contributed by atoms with Gasteiger partial charge in [-0.05, 0) is 56.7 Å². The number of aliphatic hydroxyl groups excluding tert-OH is 1. The molecule has 0 saturated carbocycles. The van der Waals surface area contributed by atoms with E-state index >= 15 is 0 Å². The van der Waals surface area contributed by atoms with Crippen LogP contribution in [0.25, 0.3) is 0 Å². The van der Waals surface area contributed by atoms with Crippen LogP contribution < -0.4 is 0 Å². The Kier molecular flexibility index (Phi) is 4.41. The van der Waals surface area contributed by atoms with E-state index in [1.165, 1.54) is 0 Å². The Labute approximate surface area is 155 Å². The summed E-state index contributed by atoms with van der Waals surface area (Å²) in [5, 5.41) is 10.5. The number of piperidine rings is 1. The molecule has 2 aliphatic rings. The van der Waals surface area contributed by atoms with Gasteiger partial charge in [0.15, 0.2) is 0 Å². The van der Waals surface area contributed by atoms with E-state index in [1.54, 1.807) is 16.4 Å². The first-order valence-corrected chi connectivity index (χ1v) is 10.7. The van der Waals surface area contributed by atoms with Crippen molar-refractivity contribution in [3.05, 3.63) is 65.7 Å². The van der Waals surface area contributed by atoms with E-state index in [0.717, 1.165) is 24.0 Å². The standard InChI is InChI=1S/C21H25NO3S/c1-16-7-9-18(10-8-16)26(24,25)22-19-11-13-21(22,14-12-20(19)23)15-17-5-3-2-4-6-17/h2-10,19-20,23H,11-15H2,1H3/t19-,20+,21?/m0/s1. The molecule has 4 rings (SSSR count). The molecule has 1 N–H and O–H groups in total. The molecular weight excluding hydrogens is 346 g/mol. The van der Waals surface area contributed by atoms with Crippen LogP contribution in [-0.4, -0.2) is 35.5 Å². The van der Waals surface area contributed by atoms with Gasteiger partial charge in [0.05, 0.1) is 17.0 Å². The predicted molar refractivity (Wildman–Crippen MR) is 101 cm³/mol. The van der Waals surface area contributed by atoms with Crippen molar-refractivity contribution < 1.29 is 13.5 Å². The number of aliphatic hydroxyl groups is 1. The average Bonchev–Trinajstić information content (AvgIpc) is 2.93. The highest BCUT2D eigenvalue weighted by molar-refractivity contribution is 7.89. The Hall–Kier alpha value is -1.69. The molecule has 0 spiro atoms. The Morgan fingerprint density at radius 1 is 1.04 bits per heavy atom. The number of aryl methyl sites for hydroxylation is 1. The van der Waals surface area contributed by atoms with E-state index in [9.17, 15) is 13.5 Å². The first-order chi connectivity index (χ1) is 12.4. The highest BCUT2D eigenvalue weighted by atomic mass is 32.2. The molecule has 26 heavy (non-hydrogen) atoms. The van der Waals surface area contributed by atoms with Crippen molar-refractivity contribution in [3.8, 4) is 0 Å². The maximum Gasteiger partial charge on any atom is 0.243 e. The van der Waals surface area contributed by atoms with E-state index in [-0.39, 0.29) is 6.04 Å². The summed E-state index contributed by atoms with van der Waals surface area (Å²) in [7, 11) is -3.65. The summed E-state index contributed by atoms with van der Waals surface area (Å²) < 4.78 is 28.7. The number of sulfonamides is 1. The van der Waals surface area contributed by atoms with Crippen molar-refractivity contribution in [3.63, 3.8) is 0 Å². The molecular formula is C21H25NO3S. The second-order valence-corrected chi connectivity index (χ2v) is 9.53. The van der Waals surface area contributed by atoms with Crippen LogP contribution in [0.1, 0.15) is 36.8 Å². The fraction of sp³-hybridized carbons (Fsp3) is 0.429. The van der Waals surface area contributed by atoms with Crippen LogP contribution in [0.3, 0.4) is 0 Å². The van der Waals surface area contributed by atoms with Gasteiger partial charge in [-0.1, -0.05) is 48.0 Å². The molecule has 5 heteroatoms. The summed E-state index contributed by atoms with van der Waals surface area (Å²) in [5.41, 5.74) is 1.74. The third-order valence-corrected chi connectivity index (χ3v) is 8.02. The Balaban J connectivity index is 1.77. The summed E-state index contributed by atoms with van der Waals surface area (Å²) in [4.78, 5) is 0.321. The summed E-state index contributed by atoms with van der Waals surface area (Å²) in [5.74, 6) is 0. The quantitative estimate of drug-likeness (QED) is 0.897. The maximum absolute atomic E-state index is 13.5. The largest absolute Gasteiger partial charge is 0.391 e. The van der Waals surface area contributed by atoms with Gasteiger partial charge in [0.1, 0.15) is 0 Å². The highest BCUT2D eigenvalue weighted by Crippen LogP contribution is 2.49. The van der Waals surface area contributed by atoms with Gasteiger partial charge < -0.3 is 5.11 Å². The SMILES string of the molecule is Cc1ccc(S(=O)(=O)N2[C@H]3CCC2(Cc2ccccc2)CC[C@H]3O)cc1. The molecule has 2 aromatic rings. The average molecular weight is 372 g/mol. The lowest BCUT2D eigenvalue weighted by molar-refractivity contribution is 0.0228. The number of hydrogen-bond acceptors (Lipinski definition) is 3. The number of nitrogens with zero attached hydrogens (tertiary/aromatic N) is 1. The van der Waals surface area contributed by atoms with E-state index in [1.807, 2.05) is 37.3 Å². The third kappa shape index (κ3) is 2.88. The van der Waals surface area contributed by atoms with Crippen LogP contribution >= 0.6 is 0 Å². The first kappa shape index (κ1) is 17.7. The third-order valence-electron chi connectivity index (χ3n) is 5.98. The van der Waals surface area contributed by atoms with E-state index in [0.29, 0.717) is 24.2 Å². The fourth-order valence-corrected chi connectivity index (χ4v) is 6.74. The van der Waals surface area contributed by atoms with Crippen LogP contribution in [0.4, 0.5) is 0 Å². The van der Waals surface area contributed by atoms with Gasteiger partial charge in [-0.3, -0.25) is 0 Å². The molecule has 2 fully saturated rings. The zero-order valence-corrected chi connectivity index (χ0v) is 15.8. The van der Waals surface area contributed by atoms with Crippen molar-refractivity contribution in [1.29, 1.82) is 0 Å². The van der Waals surface area contributed by atoms with Crippen molar-refractivity contribution >= 4 is 10.0 Å². The van der Waals surface area contributed by atoms with Crippen molar-refractivity contribution in [2.75, 3.05) is 0 Å². The summed E-state index contributed by atoms with van der Waals surface area (Å²) in [6.07, 6.45) is 3.00. The number of rotatable bonds is 4. The molecule has 4 nitrogen and oxygen atoms in total. The van der Waals surface area contributed by atoms with Crippen molar-refractivity contribution in [2.24, 2.45) is 0 Å². The van der Waals surface area contributed by atoms with Gasteiger partial charge in [-0.15, -0.1) is 0 Å². The van der Waals surface area contributed by atoms with E-state index in [2.05, 4.69) is 12.1 Å². The minimum atomic E-state index is -3.65. The topological polar surface area (TPSA) is 57.6 Å². The second-order valence-electron chi connectivity index (χ2n) is 7.71. The molecule has 2 bridgehead atoms. The normalized spacial score (nSPS) is 29.0.